The highest BCUT2D eigenvalue weighted by molar-refractivity contribution is 6.31. The molecule has 0 saturated carbocycles. The third kappa shape index (κ3) is 4.37. The van der Waals surface area contributed by atoms with E-state index < -0.39 is 0 Å². The molecule has 7 nitrogen and oxygen atoms in total. The Kier molecular flexibility index (Phi) is 6.46. The predicted octanol–water partition coefficient (Wildman–Crippen LogP) is 3.60. The molecule has 0 spiro atoms. The van der Waals surface area contributed by atoms with Crippen molar-refractivity contribution < 1.29 is 14.4 Å². The van der Waals surface area contributed by atoms with Gasteiger partial charge in [0, 0.05) is 36.8 Å². The minimum atomic E-state index is -0.266. The first-order valence-corrected chi connectivity index (χ1v) is 12.4. The van der Waals surface area contributed by atoms with Gasteiger partial charge >= 0.3 is 0 Å². The second-order valence-electron chi connectivity index (χ2n) is 9.20. The Labute approximate surface area is 204 Å². The second kappa shape index (κ2) is 9.66. The minimum absolute atomic E-state index is 0.0170. The number of amides is 3. The van der Waals surface area contributed by atoms with Gasteiger partial charge in [0.2, 0.25) is 11.8 Å². The monoisotopic (exact) mass is 480 g/mol. The van der Waals surface area contributed by atoms with Crippen LogP contribution in [-0.2, 0) is 16.1 Å². The molecule has 3 aliphatic rings. The zero-order chi connectivity index (χ0) is 23.7. The van der Waals surface area contributed by atoms with Crippen molar-refractivity contribution in [2.24, 2.45) is 0 Å². The normalized spacial score (nSPS) is 19.6. The molecule has 3 amide bonds. The number of benzene rings is 2. The Bertz CT molecular complexity index is 1110. The van der Waals surface area contributed by atoms with Gasteiger partial charge in [-0.25, -0.2) is 0 Å². The van der Waals surface area contributed by atoms with Crippen LogP contribution in [0.15, 0.2) is 42.5 Å². The first-order chi connectivity index (χ1) is 16.5. The van der Waals surface area contributed by atoms with E-state index in [0.717, 1.165) is 63.0 Å². The van der Waals surface area contributed by atoms with E-state index in [0.29, 0.717) is 16.3 Å². The summed E-state index contributed by atoms with van der Waals surface area (Å²) in [6.45, 7) is 2.52. The zero-order valence-electron chi connectivity index (χ0n) is 19.1. The predicted molar refractivity (Wildman–Crippen MR) is 132 cm³/mol. The summed E-state index contributed by atoms with van der Waals surface area (Å²) in [7, 11) is 0. The van der Waals surface area contributed by atoms with Crippen molar-refractivity contribution in [1.82, 2.24) is 10.2 Å². The average Bonchev–Trinajstić information content (AvgIpc) is 3.40. The van der Waals surface area contributed by atoms with Crippen LogP contribution in [-0.4, -0.2) is 54.8 Å². The number of likely N-dealkylation sites (tertiary alicyclic amines) is 1. The molecule has 3 aliphatic heterocycles. The zero-order valence-corrected chi connectivity index (χ0v) is 19.9. The molecule has 0 aliphatic carbocycles. The van der Waals surface area contributed by atoms with Gasteiger partial charge in [0.1, 0.15) is 12.6 Å². The van der Waals surface area contributed by atoms with E-state index in [1.54, 1.807) is 17.0 Å². The maximum atomic E-state index is 13.5. The SMILES string of the molecule is O=C(CN1C(=O)[C@H]2CCCCN2c2ccc(C(=O)N3CCCC3)cc21)NCc1ccccc1Cl. The van der Waals surface area contributed by atoms with Crippen LogP contribution in [0.2, 0.25) is 5.02 Å². The van der Waals surface area contributed by atoms with E-state index in [-0.39, 0.29) is 36.9 Å². The van der Waals surface area contributed by atoms with Crippen LogP contribution in [0.4, 0.5) is 11.4 Å². The van der Waals surface area contributed by atoms with Gasteiger partial charge in [-0.1, -0.05) is 29.8 Å². The lowest BCUT2D eigenvalue weighted by Crippen LogP contribution is -2.57. The van der Waals surface area contributed by atoms with Crippen LogP contribution < -0.4 is 15.1 Å². The van der Waals surface area contributed by atoms with Crippen molar-refractivity contribution in [2.75, 3.05) is 36.0 Å². The number of anilines is 2. The van der Waals surface area contributed by atoms with E-state index in [2.05, 4.69) is 10.2 Å². The fraction of sp³-hybridized carbons (Fsp3) is 0.423. The number of rotatable bonds is 5. The molecule has 0 radical (unpaired) electrons. The van der Waals surface area contributed by atoms with Crippen LogP contribution in [0.3, 0.4) is 0 Å². The molecule has 2 saturated heterocycles. The Morgan fingerprint density at radius 2 is 1.74 bits per heavy atom. The number of hydrogen-bond donors (Lipinski definition) is 1. The highest BCUT2D eigenvalue weighted by atomic mass is 35.5. The molecule has 0 bridgehead atoms. The highest BCUT2D eigenvalue weighted by Gasteiger charge is 2.40. The first kappa shape index (κ1) is 22.7. The molecule has 1 atom stereocenters. The average molecular weight is 481 g/mol. The standard InChI is InChI=1S/C26H29ClN4O3/c27-20-8-2-1-7-19(20)16-28-24(32)17-31-23-15-18(25(33)29-12-5-6-13-29)10-11-21(23)30-14-4-3-9-22(30)26(31)34/h1-2,7-8,10-11,15,22H,3-6,9,12-14,16-17H2,(H,28,32)/t22-/m1/s1. The van der Waals surface area contributed by atoms with Gasteiger partial charge in [0.05, 0.1) is 11.4 Å². The topological polar surface area (TPSA) is 73.0 Å². The molecular weight excluding hydrogens is 452 g/mol. The number of halogens is 1. The Balaban J connectivity index is 1.41. The Morgan fingerprint density at radius 1 is 0.971 bits per heavy atom. The van der Waals surface area contributed by atoms with Gasteiger partial charge in [-0.2, -0.15) is 0 Å². The van der Waals surface area contributed by atoms with Crippen molar-refractivity contribution in [2.45, 2.75) is 44.7 Å². The molecule has 0 aromatic heterocycles. The van der Waals surface area contributed by atoms with E-state index in [9.17, 15) is 14.4 Å². The van der Waals surface area contributed by atoms with Crippen molar-refractivity contribution in [3.05, 3.63) is 58.6 Å². The molecule has 2 aromatic rings. The number of carbonyl (C=O) groups excluding carboxylic acids is 3. The molecule has 2 aromatic carbocycles. The summed E-state index contributed by atoms with van der Waals surface area (Å²) in [5.74, 6) is -0.359. The van der Waals surface area contributed by atoms with E-state index in [1.165, 1.54) is 0 Å². The van der Waals surface area contributed by atoms with Crippen LogP contribution in [0.25, 0.3) is 0 Å². The van der Waals surface area contributed by atoms with Gasteiger partial charge < -0.3 is 15.1 Å². The molecule has 1 N–H and O–H groups in total. The lowest BCUT2D eigenvalue weighted by atomic mass is 9.95. The molecule has 2 fully saturated rings. The number of hydrogen-bond acceptors (Lipinski definition) is 4. The van der Waals surface area contributed by atoms with E-state index >= 15 is 0 Å². The third-order valence-electron chi connectivity index (χ3n) is 7.01. The fourth-order valence-electron chi connectivity index (χ4n) is 5.19. The van der Waals surface area contributed by atoms with Crippen molar-refractivity contribution in [1.29, 1.82) is 0 Å². The summed E-state index contributed by atoms with van der Waals surface area (Å²) < 4.78 is 0. The maximum Gasteiger partial charge on any atom is 0.253 e. The smallest absolute Gasteiger partial charge is 0.253 e. The van der Waals surface area contributed by atoms with Gasteiger partial charge in [0.25, 0.3) is 5.91 Å². The lowest BCUT2D eigenvalue weighted by molar-refractivity contribution is -0.125. The molecule has 34 heavy (non-hydrogen) atoms. The van der Waals surface area contributed by atoms with Crippen LogP contribution in [0, 0.1) is 0 Å². The Morgan fingerprint density at radius 3 is 2.53 bits per heavy atom. The number of nitrogens with zero attached hydrogens (tertiary/aromatic N) is 3. The van der Waals surface area contributed by atoms with Crippen LogP contribution >= 0.6 is 11.6 Å². The summed E-state index contributed by atoms with van der Waals surface area (Å²) >= 11 is 6.21. The lowest BCUT2D eigenvalue weighted by Gasteiger charge is -2.45. The number of fused-ring (bicyclic) bond motifs is 3. The first-order valence-electron chi connectivity index (χ1n) is 12.0. The maximum absolute atomic E-state index is 13.5. The summed E-state index contributed by atoms with van der Waals surface area (Å²) in [5.41, 5.74) is 2.94. The minimum Gasteiger partial charge on any atom is -0.358 e. The van der Waals surface area contributed by atoms with E-state index in [4.69, 9.17) is 11.6 Å². The second-order valence-corrected chi connectivity index (χ2v) is 9.61. The van der Waals surface area contributed by atoms with Crippen LogP contribution in [0.5, 0.6) is 0 Å². The molecular formula is C26H29ClN4O3. The summed E-state index contributed by atoms with van der Waals surface area (Å²) in [5, 5.41) is 3.47. The molecule has 5 rings (SSSR count). The molecule has 3 heterocycles. The number of nitrogens with one attached hydrogen (secondary N) is 1. The summed E-state index contributed by atoms with van der Waals surface area (Å²) in [6.07, 6.45) is 4.81. The van der Waals surface area contributed by atoms with Gasteiger partial charge in [-0.05, 0) is 61.9 Å². The largest absolute Gasteiger partial charge is 0.358 e. The van der Waals surface area contributed by atoms with Crippen LogP contribution in [0.1, 0.15) is 48.0 Å². The molecule has 0 unspecified atom stereocenters. The molecule has 8 heteroatoms. The summed E-state index contributed by atoms with van der Waals surface area (Å²) in [4.78, 5) is 45.0. The molecule has 178 valence electrons. The highest BCUT2D eigenvalue weighted by Crippen LogP contribution is 2.40. The van der Waals surface area contributed by atoms with Gasteiger partial charge in [-0.15, -0.1) is 0 Å². The van der Waals surface area contributed by atoms with Crippen molar-refractivity contribution in [3.8, 4) is 0 Å². The number of carbonyl (C=O) groups is 3. The Hall–Kier alpha value is -3.06. The van der Waals surface area contributed by atoms with Crippen molar-refractivity contribution in [3.63, 3.8) is 0 Å². The fourth-order valence-corrected chi connectivity index (χ4v) is 5.39. The van der Waals surface area contributed by atoms with Gasteiger partial charge in [-0.3, -0.25) is 19.3 Å². The van der Waals surface area contributed by atoms with Gasteiger partial charge in [0.15, 0.2) is 0 Å². The quantitative estimate of drug-likeness (QED) is 0.709. The third-order valence-corrected chi connectivity index (χ3v) is 7.37. The number of piperidine rings is 1. The van der Waals surface area contributed by atoms with Crippen molar-refractivity contribution >= 4 is 40.7 Å². The van der Waals surface area contributed by atoms with E-state index in [1.807, 2.05) is 35.2 Å². The summed E-state index contributed by atoms with van der Waals surface area (Å²) in [6, 6.07) is 12.7.